The third-order valence-electron chi connectivity index (χ3n) is 2.58. The second kappa shape index (κ2) is 7.04. The summed E-state index contributed by atoms with van der Waals surface area (Å²) in [4.78, 5) is 15.6. The molecule has 0 amide bonds. The first-order valence-corrected chi connectivity index (χ1v) is 6.30. The fraction of sp³-hybridized carbons (Fsp3) is 0.0588. The molecule has 20 heavy (non-hydrogen) atoms. The number of allylic oxidation sites excluding steroid dienone is 1. The number of nitrogens with zero attached hydrogens (tertiary/aromatic N) is 1. The smallest absolute Gasteiger partial charge is 0.318 e. The van der Waals surface area contributed by atoms with Gasteiger partial charge in [0.25, 0.3) is 0 Å². The maximum Gasteiger partial charge on any atom is 0.332 e. The van der Waals surface area contributed by atoms with E-state index in [-0.39, 0.29) is 0 Å². The highest BCUT2D eigenvalue weighted by molar-refractivity contribution is 6.10. The predicted octanol–water partition coefficient (Wildman–Crippen LogP) is 3.67. The zero-order chi connectivity index (χ0) is 14.2. The lowest BCUT2D eigenvalue weighted by Crippen LogP contribution is -2.00. The van der Waals surface area contributed by atoms with Gasteiger partial charge in [-0.1, -0.05) is 71.9 Å². The molecule has 0 N–H and O–H groups in total. The Morgan fingerprint density at radius 3 is 2.20 bits per heavy atom. The van der Waals surface area contributed by atoms with Gasteiger partial charge in [-0.2, -0.15) is 0 Å². The topological polar surface area (TPSA) is 38.7 Å². The molecule has 0 aliphatic rings. The average molecular weight is 265 g/mol. The van der Waals surface area contributed by atoms with Gasteiger partial charge in [-0.3, -0.25) is 0 Å². The van der Waals surface area contributed by atoms with Crippen LogP contribution in [0.3, 0.4) is 0 Å². The summed E-state index contributed by atoms with van der Waals surface area (Å²) in [7, 11) is 0. The Morgan fingerprint density at radius 1 is 1.00 bits per heavy atom. The van der Waals surface area contributed by atoms with Gasteiger partial charge in [-0.05, 0) is 11.6 Å². The molecule has 2 rings (SSSR count). The van der Waals surface area contributed by atoms with E-state index in [0.717, 1.165) is 11.1 Å². The zero-order valence-electron chi connectivity index (χ0n) is 11.2. The van der Waals surface area contributed by atoms with E-state index in [1.807, 2.05) is 72.8 Å². The minimum atomic E-state index is -0.438. The van der Waals surface area contributed by atoms with E-state index in [9.17, 15) is 4.79 Å². The highest BCUT2D eigenvalue weighted by Crippen LogP contribution is 2.07. The third-order valence-corrected chi connectivity index (χ3v) is 2.58. The molecule has 3 heteroatoms. The van der Waals surface area contributed by atoms with E-state index in [2.05, 4.69) is 5.16 Å². The molecule has 0 fully saturated rings. The molecule has 3 nitrogen and oxygen atoms in total. The molecule has 2 aromatic rings. The Balaban J connectivity index is 2.26. The van der Waals surface area contributed by atoms with Crippen LogP contribution in [0.1, 0.15) is 18.1 Å². The Bertz CT molecular complexity index is 616. The van der Waals surface area contributed by atoms with Gasteiger partial charge in [0, 0.05) is 12.5 Å². The second-order valence-corrected chi connectivity index (χ2v) is 4.17. The number of benzene rings is 2. The van der Waals surface area contributed by atoms with Gasteiger partial charge < -0.3 is 4.84 Å². The third kappa shape index (κ3) is 4.21. The Hall–Kier alpha value is -2.68. The van der Waals surface area contributed by atoms with Gasteiger partial charge in [0.05, 0.1) is 0 Å². The van der Waals surface area contributed by atoms with Crippen molar-refractivity contribution in [1.29, 1.82) is 0 Å². The summed E-state index contributed by atoms with van der Waals surface area (Å²) in [6.07, 6.45) is 3.75. The lowest BCUT2D eigenvalue weighted by Gasteiger charge is -2.01. The molecule has 0 aliphatic heterocycles. The van der Waals surface area contributed by atoms with E-state index in [0.29, 0.717) is 5.71 Å². The van der Waals surface area contributed by atoms with Gasteiger partial charge in [-0.15, -0.1) is 0 Å². The van der Waals surface area contributed by atoms with Gasteiger partial charge in [-0.25, -0.2) is 4.79 Å². The van der Waals surface area contributed by atoms with Crippen LogP contribution in [0.4, 0.5) is 0 Å². The first-order valence-electron chi connectivity index (χ1n) is 6.30. The Labute approximate surface area is 118 Å². The molecule has 0 aliphatic carbocycles. The Kier molecular flexibility index (Phi) is 4.84. The van der Waals surface area contributed by atoms with Crippen LogP contribution in [0, 0.1) is 0 Å². The van der Waals surface area contributed by atoms with Crippen molar-refractivity contribution in [1.82, 2.24) is 0 Å². The van der Waals surface area contributed by atoms with Gasteiger partial charge in [0.1, 0.15) is 5.71 Å². The van der Waals surface area contributed by atoms with E-state index in [1.165, 1.54) is 6.92 Å². The van der Waals surface area contributed by atoms with Crippen LogP contribution in [-0.2, 0) is 9.63 Å². The van der Waals surface area contributed by atoms with E-state index in [4.69, 9.17) is 4.84 Å². The van der Waals surface area contributed by atoms with Gasteiger partial charge in [0.15, 0.2) is 0 Å². The number of carbonyl (C=O) groups excluding carboxylic acids is 1. The van der Waals surface area contributed by atoms with Crippen molar-refractivity contribution in [2.45, 2.75) is 6.92 Å². The van der Waals surface area contributed by atoms with Gasteiger partial charge >= 0.3 is 5.97 Å². The van der Waals surface area contributed by atoms with E-state index in [1.54, 1.807) is 0 Å². The Morgan fingerprint density at radius 2 is 1.60 bits per heavy atom. The molecule has 0 bridgehead atoms. The lowest BCUT2D eigenvalue weighted by molar-refractivity contribution is -0.140. The summed E-state index contributed by atoms with van der Waals surface area (Å²) in [6.45, 7) is 1.33. The summed E-state index contributed by atoms with van der Waals surface area (Å²) in [6, 6.07) is 19.4. The van der Waals surface area contributed by atoms with Crippen LogP contribution in [0.25, 0.3) is 6.08 Å². The zero-order valence-corrected chi connectivity index (χ0v) is 11.2. The molecule has 0 unspecified atom stereocenters. The normalized spacial score (nSPS) is 11.6. The predicted molar refractivity (Wildman–Crippen MR) is 80.2 cm³/mol. The minimum absolute atomic E-state index is 0.438. The van der Waals surface area contributed by atoms with Crippen LogP contribution >= 0.6 is 0 Å². The average Bonchev–Trinajstić information content (AvgIpc) is 2.49. The van der Waals surface area contributed by atoms with E-state index >= 15 is 0 Å². The van der Waals surface area contributed by atoms with Crippen molar-refractivity contribution in [2.75, 3.05) is 0 Å². The fourth-order valence-corrected chi connectivity index (χ4v) is 1.64. The minimum Gasteiger partial charge on any atom is -0.318 e. The van der Waals surface area contributed by atoms with Crippen LogP contribution < -0.4 is 0 Å². The molecule has 0 saturated heterocycles. The van der Waals surface area contributed by atoms with Crippen LogP contribution in [-0.4, -0.2) is 11.7 Å². The maximum absolute atomic E-state index is 10.9. The molecule has 0 heterocycles. The van der Waals surface area contributed by atoms with Crippen LogP contribution in [0.15, 0.2) is 71.9 Å². The van der Waals surface area contributed by atoms with E-state index < -0.39 is 5.97 Å². The van der Waals surface area contributed by atoms with Crippen molar-refractivity contribution in [3.05, 3.63) is 77.9 Å². The maximum atomic E-state index is 10.9. The number of rotatable bonds is 4. The van der Waals surface area contributed by atoms with Crippen molar-refractivity contribution in [3.8, 4) is 0 Å². The fourth-order valence-electron chi connectivity index (χ4n) is 1.64. The number of hydrogen-bond acceptors (Lipinski definition) is 3. The monoisotopic (exact) mass is 265 g/mol. The number of hydrogen-bond donors (Lipinski definition) is 0. The number of oxime groups is 1. The van der Waals surface area contributed by atoms with Crippen molar-refractivity contribution in [2.24, 2.45) is 5.16 Å². The quantitative estimate of drug-likeness (QED) is 0.480. The van der Waals surface area contributed by atoms with Crippen molar-refractivity contribution >= 4 is 17.8 Å². The summed E-state index contributed by atoms with van der Waals surface area (Å²) in [5.74, 6) is -0.438. The summed E-state index contributed by atoms with van der Waals surface area (Å²) in [5.41, 5.74) is 2.55. The molecule has 0 atom stereocenters. The molecular formula is C17H15NO2. The van der Waals surface area contributed by atoms with Crippen LogP contribution in [0.5, 0.6) is 0 Å². The van der Waals surface area contributed by atoms with Gasteiger partial charge in [0.2, 0.25) is 0 Å². The summed E-state index contributed by atoms with van der Waals surface area (Å²) >= 11 is 0. The molecule has 0 radical (unpaired) electrons. The van der Waals surface area contributed by atoms with Crippen molar-refractivity contribution < 1.29 is 9.63 Å². The highest BCUT2D eigenvalue weighted by Gasteiger charge is 2.01. The van der Waals surface area contributed by atoms with Crippen LogP contribution in [0.2, 0.25) is 0 Å². The molecule has 2 aromatic carbocycles. The summed E-state index contributed by atoms with van der Waals surface area (Å²) < 4.78 is 0. The second-order valence-electron chi connectivity index (χ2n) is 4.17. The standard InChI is InChI=1S/C17H15NO2/c1-14(19)20-18-17(16-10-6-3-7-11-16)13-12-15-8-4-2-5-9-15/h2-13H,1H3. The highest BCUT2D eigenvalue weighted by atomic mass is 16.7. The molecule has 0 spiro atoms. The lowest BCUT2D eigenvalue weighted by atomic mass is 10.1. The first kappa shape index (κ1) is 13.7. The largest absolute Gasteiger partial charge is 0.332 e. The summed E-state index contributed by atoms with van der Waals surface area (Å²) in [5, 5.41) is 3.89. The van der Waals surface area contributed by atoms with Crippen molar-refractivity contribution in [3.63, 3.8) is 0 Å². The number of carbonyl (C=O) groups is 1. The molecule has 0 saturated carbocycles. The molecular weight excluding hydrogens is 250 g/mol. The first-order chi connectivity index (χ1) is 9.75. The molecule has 100 valence electrons. The SMILES string of the molecule is CC(=O)ON=C(C=Cc1ccccc1)c1ccccc1. The molecule has 0 aromatic heterocycles.